The molecule has 1 aromatic heterocycles. The highest BCUT2D eigenvalue weighted by atomic mass is 32.1. The summed E-state index contributed by atoms with van der Waals surface area (Å²) >= 11 is 1.11. The number of aldehydes is 1. The van der Waals surface area contributed by atoms with E-state index in [9.17, 15) is 22.8 Å². The molecule has 8 heteroatoms. The highest BCUT2D eigenvalue weighted by Crippen LogP contribution is 2.34. The minimum Gasteiger partial charge on any atom is -0.457 e. The van der Waals surface area contributed by atoms with E-state index in [4.69, 9.17) is 4.74 Å². The van der Waals surface area contributed by atoms with Gasteiger partial charge in [-0.15, -0.1) is 24.5 Å². The zero-order valence-corrected chi connectivity index (χ0v) is 15.0. The molecule has 0 fully saturated rings. The molecule has 2 aromatic carbocycles. The zero-order chi connectivity index (χ0) is 20.1. The third kappa shape index (κ3) is 4.98. The molecule has 0 spiro atoms. The highest BCUT2D eigenvalue weighted by Gasteiger charge is 2.31. The van der Waals surface area contributed by atoms with Crippen LogP contribution < -0.4 is 4.74 Å². The maximum Gasteiger partial charge on any atom is 0.573 e. The van der Waals surface area contributed by atoms with Gasteiger partial charge in [-0.2, -0.15) is 0 Å². The Morgan fingerprint density at radius 1 is 1.04 bits per heavy atom. The Kier molecular flexibility index (Phi) is 5.79. The molecule has 3 rings (SSSR count). The van der Waals surface area contributed by atoms with Crippen LogP contribution >= 0.6 is 11.3 Å². The first-order valence-electron chi connectivity index (χ1n) is 8.02. The molecule has 0 atom stereocenters. The van der Waals surface area contributed by atoms with Gasteiger partial charge in [0.2, 0.25) is 0 Å². The van der Waals surface area contributed by atoms with Gasteiger partial charge in [-0.25, -0.2) is 4.79 Å². The summed E-state index contributed by atoms with van der Waals surface area (Å²) in [4.78, 5) is 24.5. The normalized spacial score (nSPS) is 11.1. The second-order valence-corrected chi connectivity index (χ2v) is 6.75. The minimum absolute atomic E-state index is 0.0342. The van der Waals surface area contributed by atoms with E-state index in [2.05, 4.69) is 4.74 Å². The summed E-state index contributed by atoms with van der Waals surface area (Å²) in [7, 11) is 0. The van der Waals surface area contributed by atoms with E-state index in [0.29, 0.717) is 21.6 Å². The van der Waals surface area contributed by atoms with E-state index in [1.54, 1.807) is 36.4 Å². The lowest BCUT2D eigenvalue weighted by molar-refractivity contribution is -0.274. The highest BCUT2D eigenvalue weighted by molar-refractivity contribution is 7.17. The van der Waals surface area contributed by atoms with Crippen LogP contribution in [0.1, 0.15) is 25.6 Å². The van der Waals surface area contributed by atoms with E-state index in [-0.39, 0.29) is 12.2 Å². The van der Waals surface area contributed by atoms with E-state index in [1.165, 1.54) is 6.07 Å². The number of carbonyl (C=O) groups is 2. The average molecular weight is 406 g/mol. The SMILES string of the molecule is O=Cc1ccc(-c2ccc(OC(F)(F)F)cc2C(=O)OCc2ccccc2)s1. The molecule has 0 N–H and O–H groups in total. The zero-order valence-electron chi connectivity index (χ0n) is 14.2. The first-order valence-corrected chi connectivity index (χ1v) is 8.83. The summed E-state index contributed by atoms with van der Waals surface area (Å²) in [6, 6.07) is 15.5. The fraction of sp³-hybridized carbons (Fsp3) is 0.100. The van der Waals surface area contributed by atoms with Crippen molar-refractivity contribution in [2.24, 2.45) is 0 Å². The van der Waals surface area contributed by atoms with Gasteiger partial charge >= 0.3 is 12.3 Å². The van der Waals surface area contributed by atoms with Gasteiger partial charge in [0.1, 0.15) is 12.4 Å². The Labute approximate surface area is 162 Å². The van der Waals surface area contributed by atoms with E-state index in [1.807, 2.05) is 6.07 Å². The largest absolute Gasteiger partial charge is 0.573 e. The molecule has 0 bridgehead atoms. The number of carbonyl (C=O) groups excluding carboxylic acids is 2. The van der Waals surface area contributed by atoms with Crippen molar-refractivity contribution in [3.63, 3.8) is 0 Å². The van der Waals surface area contributed by atoms with Crippen LogP contribution in [-0.4, -0.2) is 18.6 Å². The fourth-order valence-corrected chi connectivity index (χ4v) is 3.33. The summed E-state index contributed by atoms with van der Waals surface area (Å²) in [5.41, 5.74) is 1.00. The lowest BCUT2D eigenvalue weighted by Crippen LogP contribution is -2.17. The quantitative estimate of drug-likeness (QED) is 0.402. The number of hydrogen-bond acceptors (Lipinski definition) is 5. The molecular formula is C20H13F3O4S. The number of rotatable bonds is 6. The van der Waals surface area contributed by atoms with Crippen LogP contribution in [0.25, 0.3) is 10.4 Å². The van der Waals surface area contributed by atoms with Crippen LogP contribution in [-0.2, 0) is 11.3 Å². The Balaban J connectivity index is 1.92. The molecule has 0 aliphatic carbocycles. The van der Waals surface area contributed by atoms with Gasteiger partial charge in [-0.1, -0.05) is 30.3 Å². The minimum atomic E-state index is -4.89. The topological polar surface area (TPSA) is 52.6 Å². The van der Waals surface area contributed by atoms with Crippen LogP contribution in [0.4, 0.5) is 13.2 Å². The second-order valence-electron chi connectivity index (χ2n) is 5.64. The standard InChI is InChI=1S/C20H13F3O4S/c21-20(22,23)27-14-6-8-16(18-9-7-15(11-24)28-18)17(10-14)19(25)26-12-13-4-2-1-3-5-13/h1-11H,12H2. The van der Waals surface area contributed by atoms with E-state index >= 15 is 0 Å². The lowest BCUT2D eigenvalue weighted by atomic mass is 10.1. The third-order valence-electron chi connectivity index (χ3n) is 3.67. The number of esters is 1. The van der Waals surface area contributed by atoms with Gasteiger partial charge < -0.3 is 9.47 Å². The molecule has 0 unspecified atom stereocenters. The fourth-order valence-electron chi connectivity index (χ4n) is 2.47. The number of ether oxygens (including phenoxy) is 2. The molecular weight excluding hydrogens is 393 g/mol. The Morgan fingerprint density at radius 2 is 1.79 bits per heavy atom. The van der Waals surface area contributed by atoms with Crippen molar-refractivity contribution in [1.82, 2.24) is 0 Å². The lowest BCUT2D eigenvalue weighted by Gasteiger charge is -2.13. The smallest absolute Gasteiger partial charge is 0.457 e. The van der Waals surface area contributed by atoms with Crippen molar-refractivity contribution in [2.45, 2.75) is 13.0 Å². The van der Waals surface area contributed by atoms with Gasteiger partial charge in [-0.3, -0.25) is 4.79 Å². The summed E-state index contributed by atoms with van der Waals surface area (Å²) in [6.45, 7) is -0.0342. The predicted molar refractivity (Wildman–Crippen MR) is 97.4 cm³/mol. The molecule has 0 saturated carbocycles. The van der Waals surface area contributed by atoms with Crippen LogP contribution in [0.2, 0.25) is 0 Å². The third-order valence-corrected chi connectivity index (χ3v) is 4.71. The van der Waals surface area contributed by atoms with Gasteiger partial charge in [0.25, 0.3) is 0 Å². The summed E-state index contributed by atoms with van der Waals surface area (Å²) in [6.07, 6.45) is -4.23. The number of alkyl halides is 3. The molecule has 3 aromatic rings. The van der Waals surface area contributed by atoms with Gasteiger partial charge in [0.15, 0.2) is 6.29 Å². The Morgan fingerprint density at radius 3 is 2.43 bits per heavy atom. The van der Waals surface area contributed by atoms with Crippen molar-refractivity contribution < 1.29 is 32.2 Å². The maximum atomic E-state index is 12.6. The summed E-state index contributed by atoms with van der Waals surface area (Å²) < 4.78 is 46.8. The van der Waals surface area contributed by atoms with Crippen molar-refractivity contribution >= 4 is 23.6 Å². The first kappa shape index (κ1) is 19.6. The molecule has 0 saturated heterocycles. The predicted octanol–water partition coefficient (Wildman–Crippen LogP) is 5.48. The van der Waals surface area contributed by atoms with E-state index < -0.39 is 18.1 Å². The van der Waals surface area contributed by atoms with Crippen molar-refractivity contribution in [2.75, 3.05) is 0 Å². The molecule has 0 radical (unpaired) electrons. The van der Waals surface area contributed by atoms with Gasteiger partial charge in [0.05, 0.1) is 10.4 Å². The molecule has 4 nitrogen and oxygen atoms in total. The molecule has 0 aliphatic rings. The molecule has 28 heavy (non-hydrogen) atoms. The van der Waals surface area contributed by atoms with Crippen molar-refractivity contribution in [1.29, 1.82) is 0 Å². The van der Waals surface area contributed by atoms with Gasteiger partial charge in [0, 0.05) is 10.4 Å². The van der Waals surface area contributed by atoms with Gasteiger partial charge in [-0.05, 0) is 35.9 Å². The van der Waals surface area contributed by atoms with Crippen LogP contribution in [0.3, 0.4) is 0 Å². The first-order chi connectivity index (χ1) is 13.4. The number of thiophene rings is 1. The monoisotopic (exact) mass is 406 g/mol. The van der Waals surface area contributed by atoms with Crippen LogP contribution in [0.5, 0.6) is 5.75 Å². The Hall–Kier alpha value is -3.13. The molecule has 0 amide bonds. The average Bonchev–Trinajstić information content (AvgIpc) is 3.14. The maximum absolute atomic E-state index is 12.6. The van der Waals surface area contributed by atoms with Crippen molar-refractivity contribution in [3.05, 3.63) is 76.7 Å². The summed E-state index contributed by atoms with van der Waals surface area (Å²) in [5, 5.41) is 0. The molecule has 1 heterocycles. The van der Waals surface area contributed by atoms with Crippen LogP contribution in [0, 0.1) is 0 Å². The molecule has 0 aliphatic heterocycles. The Bertz CT molecular complexity index is 981. The summed E-state index contributed by atoms with van der Waals surface area (Å²) in [5.74, 6) is -1.33. The van der Waals surface area contributed by atoms with E-state index in [0.717, 1.165) is 29.0 Å². The number of benzene rings is 2. The molecule has 144 valence electrons. The van der Waals surface area contributed by atoms with Crippen molar-refractivity contribution in [3.8, 4) is 16.2 Å². The second kappa shape index (κ2) is 8.26. The number of hydrogen-bond donors (Lipinski definition) is 0. The number of halogens is 3. The van der Waals surface area contributed by atoms with Crippen LogP contribution in [0.15, 0.2) is 60.7 Å².